The molecular weight excluding hydrogens is 392 g/mol. The number of halogens is 1. The Labute approximate surface area is 175 Å². The summed E-state index contributed by atoms with van der Waals surface area (Å²) in [6, 6.07) is 12.9. The molecule has 29 heavy (non-hydrogen) atoms. The van der Waals surface area contributed by atoms with Crippen LogP contribution in [0.1, 0.15) is 11.1 Å². The van der Waals surface area contributed by atoms with Crippen LogP contribution in [0.2, 0.25) is 5.02 Å². The number of carbonyl (C=O) groups excluding carboxylic acids is 1. The molecule has 1 amide bonds. The molecule has 3 rings (SSSR count). The minimum absolute atomic E-state index is 0.0114. The number of benzene rings is 2. The zero-order valence-corrected chi connectivity index (χ0v) is 17.1. The van der Waals surface area contributed by atoms with Crippen LogP contribution in [0.25, 0.3) is 0 Å². The highest BCUT2D eigenvalue weighted by molar-refractivity contribution is 6.31. The fraction of sp³-hybridized carbons (Fsp3) is 0.333. The van der Waals surface area contributed by atoms with Gasteiger partial charge in [-0.3, -0.25) is 14.6 Å². The van der Waals surface area contributed by atoms with Gasteiger partial charge in [0, 0.05) is 43.3 Å². The third-order valence-corrected chi connectivity index (χ3v) is 5.20. The van der Waals surface area contributed by atoms with E-state index in [2.05, 4.69) is 20.3 Å². The second-order valence-electron chi connectivity index (χ2n) is 6.83. The van der Waals surface area contributed by atoms with Crippen molar-refractivity contribution in [2.75, 3.05) is 39.8 Å². The van der Waals surface area contributed by atoms with Crippen LogP contribution >= 0.6 is 11.6 Å². The Morgan fingerprint density at radius 1 is 1.17 bits per heavy atom. The molecule has 0 aromatic heterocycles. The maximum atomic E-state index is 12.1. The molecule has 0 saturated carbocycles. The zero-order valence-electron chi connectivity index (χ0n) is 16.3. The van der Waals surface area contributed by atoms with E-state index in [1.807, 2.05) is 24.3 Å². The van der Waals surface area contributed by atoms with Gasteiger partial charge in [-0.05, 0) is 23.8 Å². The highest BCUT2D eigenvalue weighted by atomic mass is 35.5. The molecule has 0 atom stereocenters. The Balaban J connectivity index is 1.42. The van der Waals surface area contributed by atoms with Crippen LogP contribution in [0, 0.1) is 0 Å². The topological polar surface area (TPSA) is 77.4 Å². The Bertz CT molecular complexity index is 867. The molecule has 1 fully saturated rings. The summed E-state index contributed by atoms with van der Waals surface area (Å²) in [5.74, 6) is 0.153. The predicted octanol–water partition coefficient (Wildman–Crippen LogP) is 2.32. The third-order valence-electron chi connectivity index (χ3n) is 4.83. The van der Waals surface area contributed by atoms with Gasteiger partial charge in [0.15, 0.2) is 11.5 Å². The number of piperazine rings is 1. The fourth-order valence-corrected chi connectivity index (χ4v) is 3.39. The molecule has 1 heterocycles. The fourth-order valence-electron chi connectivity index (χ4n) is 3.19. The van der Waals surface area contributed by atoms with E-state index in [1.165, 1.54) is 13.3 Å². The van der Waals surface area contributed by atoms with Crippen LogP contribution in [-0.4, -0.2) is 66.9 Å². The van der Waals surface area contributed by atoms with E-state index >= 15 is 0 Å². The average molecular weight is 417 g/mol. The van der Waals surface area contributed by atoms with Crippen molar-refractivity contribution in [2.45, 2.75) is 6.54 Å². The van der Waals surface area contributed by atoms with Crippen LogP contribution < -0.4 is 10.2 Å². The van der Waals surface area contributed by atoms with E-state index in [1.54, 1.807) is 18.2 Å². The van der Waals surface area contributed by atoms with Gasteiger partial charge in [-0.1, -0.05) is 35.9 Å². The van der Waals surface area contributed by atoms with Crippen LogP contribution in [-0.2, 0) is 11.3 Å². The summed E-state index contributed by atoms with van der Waals surface area (Å²) < 4.78 is 5.05. The normalized spacial score (nSPS) is 15.5. The van der Waals surface area contributed by atoms with Crippen molar-refractivity contribution < 1.29 is 14.6 Å². The number of phenolic OH excluding ortho intramolecular Hbond substituents is 1. The molecule has 0 radical (unpaired) electrons. The Hall–Kier alpha value is -2.61. The highest BCUT2D eigenvalue weighted by Crippen LogP contribution is 2.27. The largest absolute Gasteiger partial charge is 0.504 e. The second-order valence-corrected chi connectivity index (χ2v) is 7.24. The number of hydrazone groups is 1. The number of carbonyl (C=O) groups is 1. The summed E-state index contributed by atoms with van der Waals surface area (Å²) in [5.41, 5.74) is 4.10. The SMILES string of the molecule is COc1cccc(/C=N/NC(=O)CN2CCN(Cc3ccccc3Cl)CC2)c1O. The number of methoxy groups -OCH3 is 1. The van der Waals surface area contributed by atoms with Crippen molar-refractivity contribution in [3.63, 3.8) is 0 Å². The van der Waals surface area contributed by atoms with E-state index in [-0.39, 0.29) is 18.2 Å². The number of nitrogens with one attached hydrogen (secondary N) is 1. The number of hydrogen-bond acceptors (Lipinski definition) is 6. The van der Waals surface area contributed by atoms with Crippen molar-refractivity contribution in [1.82, 2.24) is 15.2 Å². The molecule has 0 spiro atoms. The summed E-state index contributed by atoms with van der Waals surface area (Å²) in [4.78, 5) is 16.6. The molecule has 2 aromatic carbocycles. The van der Waals surface area contributed by atoms with Gasteiger partial charge in [-0.2, -0.15) is 5.10 Å². The number of phenols is 1. The molecule has 154 valence electrons. The number of ether oxygens (including phenoxy) is 1. The Morgan fingerprint density at radius 2 is 1.90 bits per heavy atom. The molecular formula is C21H25ClN4O3. The van der Waals surface area contributed by atoms with Gasteiger partial charge in [0.2, 0.25) is 0 Å². The summed E-state index contributed by atoms with van der Waals surface area (Å²) >= 11 is 6.23. The lowest BCUT2D eigenvalue weighted by Crippen LogP contribution is -2.48. The third kappa shape index (κ3) is 5.93. The molecule has 1 aliphatic rings. The first kappa shape index (κ1) is 21.1. The molecule has 0 unspecified atom stereocenters. The Kier molecular flexibility index (Phi) is 7.46. The van der Waals surface area contributed by atoms with Crippen LogP contribution in [0.3, 0.4) is 0 Å². The standard InChI is InChI=1S/C21H25ClN4O3/c1-29-19-8-4-6-16(21(19)28)13-23-24-20(27)15-26-11-9-25(10-12-26)14-17-5-2-3-7-18(17)22/h2-8,13,28H,9-12,14-15H2,1H3,(H,24,27)/b23-13+. The van der Waals surface area contributed by atoms with E-state index < -0.39 is 0 Å². The number of amides is 1. The number of aromatic hydroxyl groups is 1. The van der Waals surface area contributed by atoms with Crippen molar-refractivity contribution in [3.05, 3.63) is 58.6 Å². The lowest BCUT2D eigenvalue weighted by Gasteiger charge is -2.34. The van der Waals surface area contributed by atoms with Crippen molar-refractivity contribution in [3.8, 4) is 11.5 Å². The average Bonchev–Trinajstić information content (AvgIpc) is 2.72. The number of nitrogens with zero attached hydrogens (tertiary/aromatic N) is 3. The van der Waals surface area contributed by atoms with Gasteiger partial charge in [-0.15, -0.1) is 0 Å². The van der Waals surface area contributed by atoms with E-state index in [0.717, 1.165) is 43.3 Å². The molecule has 0 aliphatic carbocycles. The lowest BCUT2D eigenvalue weighted by molar-refractivity contribution is -0.122. The first-order valence-electron chi connectivity index (χ1n) is 9.43. The monoisotopic (exact) mass is 416 g/mol. The second kappa shape index (κ2) is 10.2. The van der Waals surface area contributed by atoms with Crippen molar-refractivity contribution in [1.29, 1.82) is 0 Å². The molecule has 7 nitrogen and oxygen atoms in total. The Morgan fingerprint density at radius 3 is 2.62 bits per heavy atom. The highest BCUT2D eigenvalue weighted by Gasteiger charge is 2.19. The first-order chi connectivity index (χ1) is 14.1. The summed E-state index contributed by atoms with van der Waals surface area (Å²) in [6.45, 7) is 4.45. The number of para-hydroxylation sites is 1. The van der Waals surface area contributed by atoms with E-state index in [4.69, 9.17) is 16.3 Å². The minimum Gasteiger partial charge on any atom is -0.504 e. The molecule has 2 N–H and O–H groups in total. The smallest absolute Gasteiger partial charge is 0.254 e. The van der Waals surface area contributed by atoms with Crippen LogP contribution in [0.4, 0.5) is 0 Å². The quantitative estimate of drug-likeness (QED) is 0.535. The number of rotatable bonds is 7. The predicted molar refractivity (Wildman–Crippen MR) is 114 cm³/mol. The molecule has 8 heteroatoms. The van der Waals surface area contributed by atoms with Gasteiger partial charge in [0.05, 0.1) is 19.9 Å². The summed E-state index contributed by atoms with van der Waals surface area (Å²) in [6.07, 6.45) is 1.40. The molecule has 0 bridgehead atoms. The van der Waals surface area contributed by atoms with E-state index in [0.29, 0.717) is 11.3 Å². The molecule has 1 aliphatic heterocycles. The van der Waals surface area contributed by atoms with Gasteiger partial charge in [-0.25, -0.2) is 5.43 Å². The maximum Gasteiger partial charge on any atom is 0.254 e. The van der Waals surface area contributed by atoms with Gasteiger partial charge >= 0.3 is 0 Å². The summed E-state index contributed by atoms with van der Waals surface area (Å²) in [7, 11) is 1.48. The zero-order chi connectivity index (χ0) is 20.6. The molecule has 1 saturated heterocycles. The van der Waals surface area contributed by atoms with Gasteiger partial charge in [0.25, 0.3) is 5.91 Å². The minimum atomic E-state index is -0.191. The van der Waals surface area contributed by atoms with Crippen LogP contribution in [0.15, 0.2) is 47.6 Å². The van der Waals surface area contributed by atoms with E-state index in [9.17, 15) is 9.90 Å². The summed E-state index contributed by atoms with van der Waals surface area (Å²) in [5, 5.41) is 14.7. The number of hydrogen-bond donors (Lipinski definition) is 2. The van der Waals surface area contributed by atoms with Gasteiger partial charge < -0.3 is 9.84 Å². The van der Waals surface area contributed by atoms with Crippen molar-refractivity contribution in [2.24, 2.45) is 5.10 Å². The van der Waals surface area contributed by atoms with Crippen molar-refractivity contribution >= 4 is 23.7 Å². The lowest BCUT2D eigenvalue weighted by atomic mass is 10.2. The van der Waals surface area contributed by atoms with Crippen LogP contribution in [0.5, 0.6) is 11.5 Å². The molecule has 2 aromatic rings. The maximum absolute atomic E-state index is 12.1. The van der Waals surface area contributed by atoms with Gasteiger partial charge in [0.1, 0.15) is 0 Å². The first-order valence-corrected chi connectivity index (χ1v) is 9.80.